The van der Waals surface area contributed by atoms with Gasteiger partial charge in [-0.3, -0.25) is 9.69 Å². The van der Waals surface area contributed by atoms with Gasteiger partial charge in [-0.15, -0.1) is 0 Å². The average Bonchev–Trinajstić information content (AvgIpc) is 2.47. The second-order valence-electron chi connectivity index (χ2n) is 6.81. The maximum atomic E-state index is 12.5. The quantitative estimate of drug-likeness (QED) is 0.784. The van der Waals surface area contributed by atoms with Crippen LogP contribution < -0.4 is 0 Å². The largest absolute Gasteiger partial charge is 0.342 e. The second kappa shape index (κ2) is 6.25. The van der Waals surface area contributed by atoms with Crippen LogP contribution in [-0.4, -0.2) is 47.4 Å². The summed E-state index contributed by atoms with van der Waals surface area (Å²) in [5.74, 6) is 0.732. The Morgan fingerprint density at radius 2 is 1.63 bits per heavy atom. The normalized spacial score (nSPS) is 23.6. The first-order valence-corrected chi connectivity index (χ1v) is 8.08. The van der Waals surface area contributed by atoms with Gasteiger partial charge in [-0.2, -0.15) is 0 Å². The standard InChI is InChI=1S/C16H30N2O/c1-4-16(2,3)18-12-8-14(9-13-18)15(19)17-10-6-5-7-11-17/h14H,4-13H2,1-3H3. The highest BCUT2D eigenvalue weighted by Crippen LogP contribution is 2.27. The predicted octanol–water partition coefficient (Wildman–Crippen LogP) is 2.90. The van der Waals surface area contributed by atoms with Crippen molar-refractivity contribution in [1.82, 2.24) is 9.80 Å². The summed E-state index contributed by atoms with van der Waals surface area (Å²) in [5, 5.41) is 0. The molecule has 0 aromatic carbocycles. The molecule has 3 heteroatoms. The lowest BCUT2D eigenvalue weighted by Crippen LogP contribution is -2.50. The minimum Gasteiger partial charge on any atom is -0.342 e. The van der Waals surface area contributed by atoms with Crippen molar-refractivity contribution in [3.05, 3.63) is 0 Å². The molecule has 0 unspecified atom stereocenters. The zero-order valence-corrected chi connectivity index (χ0v) is 13.0. The Morgan fingerprint density at radius 1 is 1.05 bits per heavy atom. The van der Waals surface area contributed by atoms with Gasteiger partial charge in [0.1, 0.15) is 0 Å². The summed E-state index contributed by atoms with van der Waals surface area (Å²) in [5.41, 5.74) is 0.291. The highest BCUT2D eigenvalue weighted by Gasteiger charge is 2.33. The molecule has 110 valence electrons. The summed E-state index contributed by atoms with van der Waals surface area (Å²) in [6, 6.07) is 0. The summed E-state index contributed by atoms with van der Waals surface area (Å²) in [4.78, 5) is 17.2. The first kappa shape index (κ1) is 14.8. The number of hydrogen-bond acceptors (Lipinski definition) is 2. The van der Waals surface area contributed by atoms with Gasteiger partial charge < -0.3 is 4.90 Å². The zero-order valence-electron chi connectivity index (χ0n) is 13.0. The van der Waals surface area contributed by atoms with Crippen molar-refractivity contribution in [2.24, 2.45) is 5.92 Å². The number of rotatable bonds is 3. The lowest BCUT2D eigenvalue weighted by Gasteiger charge is -2.43. The molecule has 1 amide bonds. The van der Waals surface area contributed by atoms with E-state index in [1.807, 2.05) is 0 Å². The molecule has 0 spiro atoms. The van der Waals surface area contributed by atoms with E-state index >= 15 is 0 Å². The highest BCUT2D eigenvalue weighted by molar-refractivity contribution is 5.79. The molecular weight excluding hydrogens is 236 g/mol. The zero-order chi connectivity index (χ0) is 13.9. The third-order valence-electron chi connectivity index (χ3n) is 5.23. The van der Waals surface area contributed by atoms with Gasteiger partial charge in [0.15, 0.2) is 0 Å². The molecule has 0 aromatic rings. The van der Waals surface area contributed by atoms with Gasteiger partial charge in [-0.1, -0.05) is 6.92 Å². The Morgan fingerprint density at radius 3 is 2.16 bits per heavy atom. The molecule has 0 atom stereocenters. The summed E-state index contributed by atoms with van der Waals surface area (Å²) < 4.78 is 0. The lowest BCUT2D eigenvalue weighted by atomic mass is 9.89. The third kappa shape index (κ3) is 3.50. The molecule has 0 bridgehead atoms. The summed E-state index contributed by atoms with van der Waals surface area (Å²) in [7, 11) is 0. The number of carbonyl (C=O) groups is 1. The average molecular weight is 266 g/mol. The van der Waals surface area contributed by atoms with Crippen molar-refractivity contribution in [1.29, 1.82) is 0 Å². The molecule has 2 aliphatic heterocycles. The van der Waals surface area contributed by atoms with Crippen LogP contribution >= 0.6 is 0 Å². The van der Waals surface area contributed by atoms with Crippen LogP contribution in [0, 0.1) is 5.92 Å². The predicted molar refractivity (Wildman–Crippen MR) is 79.1 cm³/mol. The Labute approximate surface area is 118 Å². The van der Waals surface area contributed by atoms with E-state index in [-0.39, 0.29) is 0 Å². The fraction of sp³-hybridized carbons (Fsp3) is 0.938. The van der Waals surface area contributed by atoms with E-state index in [1.54, 1.807) is 0 Å². The van der Waals surface area contributed by atoms with Gasteiger partial charge >= 0.3 is 0 Å². The van der Waals surface area contributed by atoms with Gasteiger partial charge in [0, 0.05) is 24.5 Å². The topological polar surface area (TPSA) is 23.6 Å². The van der Waals surface area contributed by atoms with Crippen molar-refractivity contribution < 1.29 is 4.79 Å². The third-order valence-corrected chi connectivity index (χ3v) is 5.23. The van der Waals surface area contributed by atoms with Crippen molar-refractivity contribution in [2.75, 3.05) is 26.2 Å². The fourth-order valence-electron chi connectivity index (χ4n) is 3.33. The van der Waals surface area contributed by atoms with Gasteiger partial charge in [-0.25, -0.2) is 0 Å². The maximum Gasteiger partial charge on any atom is 0.225 e. The monoisotopic (exact) mass is 266 g/mol. The smallest absolute Gasteiger partial charge is 0.225 e. The van der Waals surface area contributed by atoms with Crippen LogP contribution in [0.25, 0.3) is 0 Å². The molecule has 19 heavy (non-hydrogen) atoms. The van der Waals surface area contributed by atoms with Gasteiger partial charge in [0.25, 0.3) is 0 Å². The Bertz CT molecular complexity index is 300. The van der Waals surface area contributed by atoms with Crippen LogP contribution in [0.5, 0.6) is 0 Å². The van der Waals surface area contributed by atoms with Crippen molar-refractivity contribution in [2.45, 2.75) is 64.8 Å². The minimum absolute atomic E-state index is 0.291. The molecule has 2 fully saturated rings. The summed E-state index contributed by atoms with van der Waals surface area (Å²) >= 11 is 0. The number of hydrogen-bond donors (Lipinski definition) is 0. The Hall–Kier alpha value is -0.570. The lowest BCUT2D eigenvalue weighted by molar-refractivity contribution is -0.138. The fourth-order valence-corrected chi connectivity index (χ4v) is 3.33. The molecule has 0 radical (unpaired) electrons. The molecule has 3 nitrogen and oxygen atoms in total. The molecule has 0 saturated carbocycles. The number of piperidine rings is 2. The van der Waals surface area contributed by atoms with E-state index in [0.29, 0.717) is 17.4 Å². The van der Waals surface area contributed by atoms with Crippen molar-refractivity contribution in [3.63, 3.8) is 0 Å². The first-order chi connectivity index (χ1) is 9.04. The van der Waals surface area contributed by atoms with Gasteiger partial charge in [0.2, 0.25) is 5.91 Å². The Balaban J connectivity index is 1.84. The number of likely N-dealkylation sites (tertiary alicyclic amines) is 2. The van der Waals surface area contributed by atoms with E-state index in [2.05, 4.69) is 30.6 Å². The van der Waals surface area contributed by atoms with E-state index in [9.17, 15) is 4.79 Å². The minimum atomic E-state index is 0.291. The summed E-state index contributed by atoms with van der Waals surface area (Å²) in [6.07, 6.45) is 6.99. The highest BCUT2D eigenvalue weighted by atomic mass is 16.2. The van der Waals surface area contributed by atoms with Crippen LogP contribution in [0.15, 0.2) is 0 Å². The Kier molecular flexibility index (Phi) is 4.88. The van der Waals surface area contributed by atoms with Crippen LogP contribution in [0.2, 0.25) is 0 Å². The molecule has 2 aliphatic rings. The van der Waals surface area contributed by atoms with Crippen LogP contribution in [-0.2, 0) is 4.79 Å². The van der Waals surface area contributed by atoms with E-state index in [1.165, 1.54) is 25.7 Å². The molecule has 0 N–H and O–H groups in total. The molecule has 2 heterocycles. The molecular formula is C16H30N2O. The maximum absolute atomic E-state index is 12.5. The van der Waals surface area contributed by atoms with Crippen molar-refractivity contribution in [3.8, 4) is 0 Å². The SMILES string of the molecule is CCC(C)(C)N1CCC(C(=O)N2CCCCC2)CC1. The second-order valence-corrected chi connectivity index (χ2v) is 6.81. The molecule has 0 aliphatic carbocycles. The van der Waals surface area contributed by atoms with E-state index in [0.717, 1.165) is 39.0 Å². The number of amides is 1. The first-order valence-electron chi connectivity index (χ1n) is 8.08. The van der Waals surface area contributed by atoms with Gasteiger partial charge in [0.05, 0.1) is 0 Å². The summed E-state index contributed by atoms with van der Waals surface area (Å²) in [6.45, 7) is 11.1. The van der Waals surface area contributed by atoms with Gasteiger partial charge in [-0.05, 0) is 65.5 Å². The van der Waals surface area contributed by atoms with Crippen LogP contribution in [0.3, 0.4) is 0 Å². The van der Waals surface area contributed by atoms with Crippen LogP contribution in [0.4, 0.5) is 0 Å². The molecule has 2 rings (SSSR count). The van der Waals surface area contributed by atoms with Crippen molar-refractivity contribution >= 4 is 5.91 Å². The number of nitrogens with zero attached hydrogens (tertiary/aromatic N) is 2. The number of carbonyl (C=O) groups excluding carboxylic acids is 1. The van der Waals surface area contributed by atoms with E-state index in [4.69, 9.17) is 0 Å². The molecule has 0 aromatic heterocycles. The van der Waals surface area contributed by atoms with Crippen LogP contribution in [0.1, 0.15) is 59.3 Å². The molecule has 2 saturated heterocycles. The van der Waals surface area contributed by atoms with E-state index < -0.39 is 0 Å².